The fraction of sp³-hybridized carbons (Fsp3) is 0.958. The molecule has 0 bridgehead atoms. The molecule has 31 heavy (non-hydrogen) atoms. The number of nitrogens with zero attached hydrogens (tertiary/aromatic N) is 3. The van der Waals surface area contributed by atoms with E-state index in [1.807, 2.05) is 7.05 Å². The van der Waals surface area contributed by atoms with Crippen LogP contribution in [-0.4, -0.2) is 86.9 Å². The summed E-state index contributed by atoms with van der Waals surface area (Å²) in [5.41, 5.74) is 0.620. The smallest absolute Gasteiger partial charge is 0.191 e. The first-order valence-corrected chi connectivity index (χ1v) is 12.6. The fourth-order valence-corrected chi connectivity index (χ4v) is 6.70. The van der Waals surface area contributed by atoms with Crippen LogP contribution in [0.4, 0.5) is 0 Å². The molecule has 2 unspecified atom stereocenters. The van der Waals surface area contributed by atoms with Crippen LogP contribution in [0.5, 0.6) is 0 Å². The van der Waals surface area contributed by atoms with E-state index < -0.39 is 0 Å². The maximum atomic E-state index is 6.11. The van der Waals surface area contributed by atoms with Gasteiger partial charge in [0.2, 0.25) is 0 Å². The zero-order valence-corrected chi connectivity index (χ0v) is 22.5. The Morgan fingerprint density at radius 3 is 2.29 bits per heavy atom. The van der Waals surface area contributed by atoms with Crippen LogP contribution in [0.3, 0.4) is 0 Å². The molecule has 0 aromatic rings. The summed E-state index contributed by atoms with van der Waals surface area (Å²) in [6.07, 6.45) is 13.5. The van der Waals surface area contributed by atoms with E-state index in [-0.39, 0.29) is 29.5 Å². The van der Waals surface area contributed by atoms with Gasteiger partial charge in [-0.1, -0.05) is 19.3 Å². The fourth-order valence-electron chi connectivity index (χ4n) is 6.70. The van der Waals surface area contributed by atoms with Crippen LogP contribution >= 0.6 is 24.0 Å². The highest BCUT2D eigenvalue weighted by Crippen LogP contribution is 2.54. The number of hydrogen-bond acceptors (Lipinski definition) is 4. The molecule has 2 N–H and O–H groups in total. The van der Waals surface area contributed by atoms with Gasteiger partial charge in [-0.15, -0.1) is 24.0 Å². The van der Waals surface area contributed by atoms with E-state index in [0.717, 1.165) is 25.5 Å². The Kier molecular flexibility index (Phi) is 9.33. The van der Waals surface area contributed by atoms with Gasteiger partial charge in [0, 0.05) is 37.2 Å². The lowest BCUT2D eigenvalue weighted by atomic mass is 9.60. The Morgan fingerprint density at radius 2 is 1.68 bits per heavy atom. The number of piperidine rings is 2. The first-order valence-electron chi connectivity index (χ1n) is 12.6. The number of rotatable bonds is 6. The Balaban J connectivity index is 0.00000272. The van der Waals surface area contributed by atoms with Crippen LogP contribution in [-0.2, 0) is 4.74 Å². The van der Waals surface area contributed by atoms with Crippen LogP contribution in [0.2, 0.25) is 0 Å². The number of halogens is 1. The summed E-state index contributed by atoms with van der Waals surface area (Å²) < 4.78 is 6.11. The van der Waals surface area contributed by atoms with Gasteiger partial charge < -0.3 is 20.3 Å². The Morgan fingerprint density at radius 1 is 1.00 bits per heavy atom. The zero-order valence-electron chi connectivity index (χ0n) is 20.1. The van der Waals surface area contributed by atoms with Crippen molar-refractivity contribution < 1.29 is 4.74 Å². The molecule has 0 aromatic carbocycles. The summed E-state index contributed by atoms with van der Waals surface area (Å²) in [6, 6.07) is 0.506. The van der Waals surface area contributed by atoms with Gasteiger partial charge in [-0.05, 0) is 85.1 Å². The van der Waals surface area contributed by atoms with E-state index in [9.17, 15) is 0 Å². The lowest BCUT2D eigenvalue weighted by molar-refractivity contribution is -0.125. The molecule has 4 rings (SSSR count). The van der Waals surface area contributed by atoms with Crippen molar-refractivity contribution >= 4 is 29.9 Å². The normalized spacial score (nSPS) is 31.1. The number of hydrogen-bond donors (Lipinski definition) is 2. The standard InChI is InChI=1S/C24H45N5O.HI/c1-4-30-21-18-20(24(21)10-6-7-11-24)27-22(25-2)26-19-23(12-16-28(3)17-13-23)29-14-8-5-9-15-29;/h20-21H,4-19H2,1-3H3,(H2,25,26,27);1H. The SMILES string of the molecule is CCOC1CC(NC(=NC)NCC2(N3CCCCC3)CCN(C)CC2)C12CCCC2.I. The van der Waals surface area contributed by atoms with Crippen LogP contribution in [0.15, 0.2) is 4.99 Å². The van der Waals surface area contributed by atoms with Crippen molar-refractivity contribution in [2.45, 2.75) is 88.8 Å². The van der Waals surface area contributed by atoms with Gasteiger partial charge in [0.15, 0.2) is 5.96 Å². The number of ether oxygens (including phenoxy) is 1. The van der Waals surface area contributed by atoms with Gasteiger partial charge >= 0.3 is 0 Å². The van der Waals surface area contributed by atoms with E-state index in [2.05, 4.69) is 39.4 Å². The monoisotopic (exact) mass is 547 g/mol. The largest absolute Gasteiger partial charge is 0.378 e. The van der Waals surface area contributed by atoms with Crippen molar-refractivity contribution in [2.24, 2.45) is 10.4 Å². The molecule has 2 saturated carbocycles. The molecule has 2 aliphatic heterocycles. The van der Waals surface area contributed by atoms with Gasteiger partial charge in [0.05, 0.1) is 6.10 Å². The molecule has 7 heteroatoms. The minimum Gasteiger partial charge on any atom is -0.378 e. The molecule has 4 fully saturated rings. The molecule has 4 aliphatic rings. The molecule has 2 aliphatic carbocycles. The Labute approximate surface area is 207 Å². The summed E-state index contributed by atoms with van der Waals surface area (Å²) in [4.78, 5) is 9.93. The summed E-state index contributed by atoms with van der Waals surface area (Å²) in [5.74, 6) is 0.997. The molecule has 180 valence electrons. The number of nitrogens with one attached hydrogen (secondary N) is 2. The summed E-state index contributed by atoms with van der Waals surface area (Å²) in [6.45, 7) is 8.90. The minimum absolute atomic E-state index is 0. The van der Waals surface area contributed by atoms with E-state index >= 15 is 0 Å². The lowest BCUT2D eigenvalue weighted by Gasteiger charge is -2.54. The van der Waals surface area contributed by atoms with Gasteiger partial charge in [-0.25, -0.2) is 0 Å². The predicted octanol–water partition coefficient (Wildman–Crippen LogP) is 3.46. The highest BCUT2D eigenvalue weighted by Gasteiger charge is 2.57. The number of aliphatic imine (C=N–C) groups is 1. The van der Waals surface area contributed by atoms with E-state index in [1.165, 1.54) is 84.0 Å². The van der Waals surface area contributed by atoms with Gasteiger partial charge in [-0.2, -0.15) is 0 Å². The maximum Gasteiger partial charge on any atom is 0.191 e. The van der Waals surface area contributed by atoms with Crippen molar-refractivity contribution in [1.29, 1.82) is 0 Å². The highest BCUT2D eigenvalue weighted by atomic mass is 127. The van der Waals surface area contributed by atoms with Gasteiger partial charge in [-0.3, -0.25) is 9.89 Å². The first-order chi connectivity index (χ1) is 14.6. The number of guanidine groups is 1. The second-order valence-corrected chi connectivity index (χ2v) is 10.3. The van der Waals surface area contributed by atoms with E-state index in [0.29, 0.717) is 17.6 Å². The quantitative estimate of drug-likeness (QED) is 0.303. The van der Waals surface area contributed by atoms with Crippen molar-refractivity contribution in [3.05, 3.63) is 0 Å². The maximum absolute atomic E-state index is 6.11. The lowest BCUT2D eigenvalue weighted by Crippen LogP contribution is -2.66. The average molecular weight is 548 g/mol. The Hall–Kier alpha value is -0.120. The van der Waals surface area contributed by atoms with Crippen LogP contribution < -0.4 is 10.6 Å². The summed E-state index contributed by atoms with van der Waals surface area (Å²) in [7, 11) is 4.19. The molecule has 1 spiro atoms. The predicted molar refractivity (Wildman–Crippen MR) is 140 cm³/mol. The van der Waals surface area contributed by atoms with Crippen LogP contribution in [0.25, 0.3) is 0 Å². The highest BCUT2D eigenvalue weighted by molar-refractivity contribution is 14.0. The van der Waals surface area contributed by atoms with Crippen molar-refractivity contribution in [2.75, 3.05) is 53.4 Å². The molecule has 2 saturated heterocycles. The third-order valence-corrected chi connectivity index (χ3v) is 8.75. The minimum atomic E-state index is 0. The average Bonchev–Trinajstić information content (AvgIpc) is 3.30. The van der Waals surface area contributed by atoms with Crippen molar-refractivity contribution in [3.8, 4) is 0 Å². The Bertz CT molecular complexity index is 581. The van der Waals surface area contributed by atoms with Crippen LogP contribution in [0.1, 0.15) is 71.1 Å². The van der Waals surface area contributed by atoms with Crippen molar-refractivity contribution in [1.82, 2.24) is 20.4 Å². The van der Waals surface area contributed by atoms with E-state index in [4.69, 9.17) is 4.74 Å². The molecular weight excluding hydrogens is 501 g/mol. The molecular formula is C24H46IN5O. The summed E-state index contributed by atoms with van der Waals surface area (Å²) >= 11 is 0. The third kappa shape index (κ3) is 5.35. The summed E-state index contributed by atoms with van der Waals surface area (Å²) in [5, 5.41) is 7.61. The van der Waals surface area contributed by atoms with Crippen LogP contribution in [0, 0.1) is 5.41 Å². The molecule has 0 radical (unpaired) electrons. The van der Waals surface area contributed by atoms with Gasteiger partial charge in [0.1, 0.15) is 0 Å². The van der Waals surface area contributed by atoms with E-state index in [1.54, 1.807) is 0 Å². The molecule has 2 heterocycles. The van der Waals surface area contributed by atoms with Gasteiger partial charge in [0.25, 0.3) is 0 Å². The molecule has 0 amide bonds. The third-order valence-electron chi connectivity index (χ3n) is 8.75. The number of likely N-dealkylation sites (tertiary alicyclic amines) is 2. The zero-order chi connectivity index (χ0) is 21.0. The second kappa shape index (κ2) is 11.3. The molecule has 0 aromatic heterocycles. The first kappa shape index (κ1) is 25.5. The second-order valence-electron chi connectivity index (χ2n) is 10.3. The topological polar surface area (TPSA) is 52.1 Å². The van der Waals surface area contributed by atoms with Crippen molar-refractivity contribution in [3.63, 3.8) is 0 Å². The molecule has 2 atom stereocenters. The molecule has 6 nitrogen and oxygen atoms in total.